The molecule has 0 N–H and O–H groups in total. The smallest absolute Gasteiger partial charge is 0.267 e. The van der Waals surface area contributed by atoms with Crippen LogP contribution in [0.25, 0.3) is 0 Å². The first-order valence-electron chi connectivity index (χ1n) is 4.32. The number of rotatable bonds is 2. The van der Waals surface area contributed by atoms with Gasteiger partial charge in [-0.05, 0) is 6.07 Å². The summed E-state index contributed by atoms with van der Waals surface area (Å²) in [5.74, 6) is 1.24. The Morgan fingerprint density at radius 1 is 1.33 bits per heavy atom. The van der Waals surface area contributed by atoms with Crippen LogP contribution in [0.5, 0.6) is 0 Å². The Balaban J connectivity index is 3.14. The maximum absolute atomic E-state index is 2.22. The molecule has 0 atom stereocenters. The van der Waals surface area contributed by atoms with Crippen LogP contribution in [0, 0.1) is 0 Å². The van der Waals surface area contributed by atoms with Gasteiger partial charge in [-0.3, -0.25) is 4.90 Å². The van der Waals surface area contributed by atoms with Gasteiger partial charge in [0.2, 0.25) is 0 Å². The largest absolute Gasteiger partial charge is 0.276 e. The van der Waals surface area contributed by atoms with Gasteiger partial charge >= 0.3 is 0 Å². The fraction of sp³-hybridized carbons (Fsp3) is 0.500. The molecule has 0 aromatic carbocycles. The maximum atomic E-state index is 2.22. The van der Waals surface area contributed by atoms with Gasteiger partial charge in [0.15, 0.2) is 0 Å². The molecule has 0 aliphatic heterocycles. The molecule has 1 aromatic rings. The summed E-state index contributed by atoms with van der Waals surface area (Å²) in [6.45, 7) is 2.18. The third-order valence-electron chi connectivity index (χ3n) is 2.13. The summed E-state index contributed by atoms with van der Waals surface area (Å²) in [6.07, 6.45) is 1.08. The first-order valence-corrected chi connectivity index (χ1v) is 4.32. The highest BCUT2D eigenvalue weighted by Gasteiger charge is 2.09. The van der Waals surface area contributed by atoms with E-state index in [0.29, 0.717) is 0 Å². The summed E-state index contributed by atoms with van der Waals surface area (Å²) in [7, 11) is 6.23. The van der Waals surface area contributed by atoms with Gasteiger partial charge in [0.05, 0.1) is 21.1 Å². The highest BCUT2D eigenvalue weighted by atomic mass is 15.2. The van der Waals surface area contributed by atoms with Gasteiger partial charge in [-0.2, -0.15) is 0 Å². The van der Waals surface area contributed by atoms with E-state index in [1.54, 1.807) is 0 Å². The zero-order valence-electron chi connectivity index (χ0n) is 8.33. The van der Waals surface area contributed by atoms with E-state index in [0.717, 1.165) is 6.42 Å². The Kier molecular flexibility index (Phi) is 2.69. The lowest BCUT2D eigenvalue weighted by Crippen LogP contribution is -2.39. The van der Waals surface area contributed by atoms with Crippen LogP contribution in [0.3, 0.4) is 0 Å². The Morgan fingerprint density at radius 2 is 2.00 bits per heavy atom. The van der Waals surface area contributed by atoms with E-state index in [4.69, 9.17) is 0 Å². The summed E-state index contributed by atoms with van der Waals surface area (Å²) >= 11 is 0. The van der Waals surface area contributed by atoms with Crippen LogP contribution in [0.1, 0.15) is 12.6 Å². The minimum atomic E-state index is 1.08. The van der Waals surface area contributed by atoms with Crippen LogP contribution in [-0.4, -0.2) is 14.1 Å². The normalized spacial score (nSPS) is 10.0. The van der Waals surface area contributed by atoms with E-state index in [9.17, 15) is 0 Å². The first-order chi connectivity index (χ1) is 5.66. The van der Waals surface area contributed by atoms with Crippen molar-refractivity contribution in [3.8, 4) is 0 Å². The average molecular weight is 165 g/mol. The topological polar surface area (TPSA) is 7.12 Å². The van der Waals surface area contributed by atoms with Crippen LogP contribution in [0.2, 0.25) is 0 Å². The minimum Gasteiger partial charge on any atom is -0.267 e. The number of anilines is 1. The number of pyridine rings is 1. The molecule has 0 aliphatic rings. The molecule has 0 unspecified atom stereocenters. The Bertz CT molecular complexity index is 267. The molecule has 0 bridgehead atoms. The Labute approximate surface area is 74.4 Å². The molecule has 1 aromatic heterocycles. The van der Waals surface area contributed by atoms with Crippen molar-refractivity contribution in [1.82, 2.24) is 0 Å². The van der Waals surface area contributed by atoms with E-state index in [-0.39, 0.29) is 0 Å². The molecule has 1 heterocycles. The van der Waals surface area contributed by atoms with Crippen molar-refractivity contribution in [2.75, 3.05) is 19.0 Å². The molecule has 2 heteroatoms. The van der Waals surface area contributed by atoms with Crippen molar-refractivity contribution in [2.45, 2.75) is 13.3 Å². The van der Waals surface area contributed by atoms with E-state index >= 15 is 0 Å². The summed E-state index contributed by atoms with van der Waals surface area (Å²) in [5.41, 5.74) is 1.36. The van der Waals surface area contributed by atoms with Crippen molar-refractivity contribution in [1.29, 1.82) is 0 Å². The highest BCUT2D eigenvalue weighted by Crippen LogP contribution is 2.04. The standard InChI is InChI=1S/C10H17N2/c1-5-9-7-6-8-10(11(2)3)12(9)4/h6-8H,5H2,1-4H3/q+1. The van der Waals surface area contributed by atoms with Crippen LogP contribution in [-0.2, 0) is 13.5 Å². The average Bonchev–Trinajstić information content (AvgIpc) is 2.04. The van der Waals surface area contributed by atoms with Gasteiger partial charge in [-0.25, -0.2) is 4.57 Å². The summed E-state index contributed by atoms with van der Waals surface area (Å²) in [5, 5.41) is 0. The van der Waals surface area contributed by atoms with Gasteiger partial charge in [-0.15, -0.1) is 0 Å². The lowest BCUT2D eigenvalue weighted by atomic mass is 10.3. The van der Waals surface area contributed by atoms with Gasteiger partial charge in [0.25, 0.3) is 5.82 Å². The highest BCUT2D eigenvalue weighted by molar-refractivity contribution is 5.30. The van der Waals surface area contributed by atoms with Crippen molar-refractivity contribution in [2.24, 2.45) is 7.05 Å². The van der Waals surface area contributed by atoms with Crippen molar-refractivity contribution < 1.29 is 4.57 Å². The minimum absolute atomic E-state index is 1.08. The maximum Gasteiger partial charge on any atom is 0.276 e. The zero-order valence-corrected chi connectivity index (χ0v) is 8.33. The lowest BCUT2D eigenvalue weighted by molar-refractivity contribution is -0.666. The quantitative estimate of drug-likeness (QED) is 0.596. The van der Waals surface area contributed by atoms with Crippen LogP contribution < -0.4 is 9.47 Å². The molecule has 0 saturated carbocycles. The molecule has 2 nitrogen and oxygen atoms in total. The molecule has 0 amide bonds. The number of nitrogens with zero attached hydrogens (tertiary/aromatic N) is 2. The summed E-state index contributed by atoms with van der Waals surface area (Å²) in [6, 6.07) is 6.39. The van der Waals surface area contributed by atoms with Crippen LogP contribution in [0.15, 0.2) is 18.2 Å². The van der Waals surface area contributed by atoms with E-state index in [2.05, 4.69) is 55.7 Å². The number of hydrogen-bond donors (Lipinski definition) is 0. The van der Waals surface area contributed by atoms with Crippen molar-refractivity contribution in [3.63, 3.8) is 0 Å². The molecule has 12 heavy (non-hydrogen) atoms. The van der Waals surface area contributed by atoms with Crippen LogP contribution in [0.4, 0.5) is 5.82 Å². The van der Waals surface area contributed by atoms with E-state index < -0.39 is 0 Å². The van der Waals surface area contributed by atoms with Crippen LogP contribution >= 0.6 is 0 Å². The molecule has 0 spiro atoms. The number of aryl methyl sites for hydroxylation is 1. The fourth-order valence-corrected chi connectivity index (χ4v) is 1.42. The Hall–Kier alpha value is -1.05. The third-order valence-corrected chi connectivity index (χ3v) is 2.13. The molecular weight excluding hydrogens is 148 g/mol. The predicted molar refractivity (Wildman–Crippen MR) is 51.3 cm³/mol. The molecule has 0 aliphatic carbocycles. The predicted octanol–water partition coefficient (Wildman–Crippen LogP) is 1.14. The molecule has 0 radical (unpaired) electrons. The second-order valence-electron chi connectivity index (χ2n) is 3.18. The monoisotopic (exact) mass is 165 g/mol. The summed E-state index contributed by atoms with van der Waals surface area (Å²) < 4.78 is 2.22. The first kappa shape index (κ1) is 9.04. The van der Waals surface area contributed by atoms with Crippen molar-refractivity contribution >= 4 is 5.82 Å². The molecule has 0 fully saturated rings. The zero-order chi connectivity index (χ0) is 9.14. The second-order valence-corrected chi connectivity index (χ2v) is 3.18. The second kappa shape index (κ2) is 3.57. The van der Waals surface area contributed by atoms with Gasteiger partial charge in [0.1, 0.15) is 5.69 Å². The fourth-order valence-electron chi connectivity index (χ4n) is 1.42. The SMILES string of the molecule is CCc1cccc(N(C)C)[n+]1C. The van der Waals surface area contributed by atoms with E-state index in [1.807, 2.05) is 0 Å². The summed E-state index contributed by atoms with van der Waals surface area (Å²) in [4.78, 5) is 2.12. The van der Waals surface area contributed by atoms with Gasteiger partial charge < -0.3 is 0 Å². The van der Waals surface area contributed by atoms with Crippen molar-refractivity contribution in [3.05, 3.63) is 23.9 Å². The van der Waals surface area contributed by atoms with E-state index in [1.165, 1.54) is 11.5 Å². The molecule has 66 valence electrons. The molecule has 1 rings (SSSR count). The number of aromatic nitrogens is 1. The lowest BCUT2D eigenvalue weighted by Gasteiger charge is -2.10. The molecule has 0 saturated heterocycles. The van der Waals surface area contributed by atoms with Gasteiger partial charge in [-0.1, -0.05) is 13.0 Å². The number of hydrogen-bond acceptors (Lipinski definition) is 1. The van der Waals surface area contributed by atoms with Gasteiger partial charge in [0, 0.05) is 12.5 Å². The molecular formula is C10H17N2+. The Morgan fingerprint density at radius 3 is 2.50 bits per heavy atom. The third kappa shape index (κ3) is 1.58.